The molecule has 2 aromatic rings. The number of ether oxygens (including phenoxy) is 3. The fourth-order valence-corrected chi connectivity index (χ4v) is 3.34. The van der Waals surface area contributed by atoms with Crippen LogP contribution in [-0.4, -0.2) is 32.4 Å². The second-order valence-corrected chi connectivity index (χ2v) is 5.97. The quantitative estimate of drug-likeness (QED) is 0.936. The zero-order valence-electron chi connectivity index (χ0n) is 13.6. The molecule has 0 amide bonds. The highest BCUT2D eigenvalue weighted by molar-refractivity contribution is 5.63. The van der Waals surface area contributed by atoms with Crippen LogP contribution in [0, 0.1) is 5.82 Å². The fourth-order valence-electron chi connectivity index (χ4n) is 3.34. The molecule has 0 spiro atoms. The summed E-state index contributed by atoms with van der Waals surface area (Å²) in [6.45, 7) is 1.04. The highest BCUT2D eigenvalue weighted by atomic mass is 19.1. The Morgan fingerprint density at radius 1 is 1.29 bits per heavy atom. The van der Waals surface area contributed by atoms with Crippen molar-refractivity contribution in [3.8, 4) is 17.2 Å². The summed E-state index contributed by atoms with van der Waals surface area (Å²) in [5.74, 6) is 1.70. The highest BCUT2D eigenvalue weighted by Gasteiger charge is 2.34. The maximum atomic E-state index is 14.1. The number of nitrogens with one attached hydrogen (secondary N) is 1. The summed E-state index contributed by atoms with van der Waals surface area (Å²) < 4.78 is 30.8. The van der Waals surface area contributed by atoms with Crippen LogP contribution < -0.4 is 19.5 Å². The van der Waals surface area contributed by atoms with Gasteiger partial charge in [0.15, 0.2) is 11.5 Å². The maximum absolute atomic E-state index is 14.1. The number of para-hydroxylation sites is 1. The van der Waals surface area contributed by atoms with Gasteiger partial charge in [0.25, 0.3) is 0 Å². The van der Waals surface area contributed by atoms with Crippen LogP contribution in [0.3, 0.4) is 0 Å². The summed E-state index contributed by atoms with van der Waals surface area (Å²) in [6.07, 6.45) is 0.656. The summed E-state index contributed by atoms with van der Waals surface area (Å²) in [5, 5.41) is 3.30. The normalized spacial score (nSPS) is 19.0. The van der Waals surface area contributed by atoms with E-state index in [1.165, 1.54) is 6.07 Å². The molecular formula is C18H19FN2O3. The number of nitrogens with zero attached hydrogens (tertiary/aromatic N) is 1. The number of hydrogen-bond acceptors (Lipinski definition) is 5. The Balaban J connectivity index is 1.81. The van der Waals surface area contributed by atoms with Gasteiger partial charge in [0.2, 0.25) is 12.5 Å². The molecule has 2 aromatic carbocycles. The van der Waals surface area contributed by atoms with Crippen LogP contribution in [0.25, 0.3) is 0 Å². The topological polar surface area (TPSA) is 43.0 Å². The SMILES string of the molecule is COc1c2c(cc3c1[C@H](Nc1ccccc1F)N(C)CC3)OCO2. The van der Waals surface area contributed by atoms with E-state index in [9.17, 15) is 4.39 Å². The van der Waals surface area contributed by atoms with Crippen LogP contribution in [0.15, 0.2) is 30.3 Å². The molecule has 2 heterocycles. The van der Waals surface area contributed by atoms with E-state index in [-0.39, 0.29) is 18.8 Å². The Kier molecular flexibility index (Phi) is 3.69. The molecule has 2 aliphatic heterocycles. The summed E-state index contributed by atoms with van der Waals surface area (Å²) in [6, 6.07) is 8.67. The number of rotatable bonds is 3. The van der Waals surface area contributed by atoms with Gasteiger partial charge in [-0.25, -0.2) is 4.39 Å². The molecule has 0 aliphatic carbocycles. The molecule has 1 N–H and O–H groups in total. The molecule has 126 valence electrons. The van der Waals surface area contributed by atoms with Gasteiger partial charge in [0.1, 0.15) is 12.0 Å². The number of likely N-dealkylation sites (N-methyl/N-ethyl adjacent to an activating group) is 1. The van der Waals surface area contributed by atoms with E-state index in [0.29, 0.717) is 22.9 Å². The first-order valence-electron chi connectivity index (χ1n) is 7.89. The van der Waals surface area contributed by atoms with Crippen molar-refractivity contribution < 1.29 is 18.6 Å². The van der Waals surface area contributed by atoms with E-state index in [1.807, 2.05) is 19.2 Å². The number of anilines is 1. The average molecular weight is 330 g/mol. The average Bonchev–Trinajstić information content (AvgIpc) is 3.05. The van der Waals surface area contributed by atoms with Crippen molar-refractivity contribution in [3.63, 3.8) is 0 Å². The van der Waals surface area contributed by atoms with Crippen molar-refractivity contribution in [2.24, 2.45) is 0 Å². The molecule has 2 aliphatic rings. The first-order chi connectivity index (χ1) is 11.7. The lowest BCUT2D eigenvalue weighted by molar-refractivity contribution is 0.170. The zero-order valence-corrected chi connectivity index (χ0v) is 13.6. The molecule has 0 aromatic heterocycles. The lowest BCUT2D eigenvalue weighted by Gasteiger charge is -2.36. The summed E-state index contributed by atoms with van der Waals surface area (Å²) in [4.78, 5) is 2.14. The smallest absolute Gasteiger partial charge is 0.231 e. The van der Waals surface area contributed by atoms with Crippen molar-refractivity contribution in [2.45, 2.75) is 12.6 Å². The Morgan fingerprint density at radius 3 is 2.92 bits per heavy atom. The zero-order chi connectivity index (χ0) is 16.7. The van der Waals surface area contributed by atoms with Crippen molar-refractivity contribution >= 4 is 5.69 Å². The molecule has 0 saturated heterocycles. The molecular weight excluding hydrogens is 311 g/mol. The molecule has 0 bridgehead atoms. The molecule has 4 rings (SSSR count). The van der Waals surface area contributed by atoms with Crippen LogP contribution in [0.2, 0.25) is 0 Å². The van der Waals surface area contributed by atoms with E-state index >= 15 is 0 Å². The van der Waals surface area contributed by atoms with E-state index in [4.69, 9.17) is 14.2 Å². The minimum Gasteiger partial charge on any atom is -0.492 e. The maximum Gasteiger partial charge on any atom is 0.231 e. The Bertz CT molecular complexity index is 781. The van der Waals surface area contributed by atoms with Gasteiger partial charge in [-0.1, -0.05) is 12.1 Å². The minimum absolute atomic E-state index is 0.190. The van der Waals surface area contributed by atoms with Crippen LogP contribution in [-0.2, 0) is 6.42 Å². The van der Waals surface area contributed by atoms with E-state index in [0.717, 1.165) is 24.1 Å². The monoisotopic (exact) mass is 330 g/mol. The van der Waals surface area contributed by atoms with Crippen molar-refractivity contribution in [1.82, 2.24) is 4.90 Å². The summed E-state index contributed by atoms with van der Waals surface area (Å²) >= 11 is 0. The van der Waals surface area contributed by atoms with E-state index < -0.39 is 0 Å². The molecule has 5 nitrogen and oxygen atoms in total. The van der Waals surface area contributed by atoms with Crippen molar-refractivity contribution in [3.05, 3.63) is 47.3 Å². The number of halogens is 1. The van der Waals surface area contributed by atoms with Crippen LogP contribution >= 0.6 is 0 Å². The first kappa shape index (κ1) is 15.1. The lowest BCUT2D eigenvalue weighted by Crippen LogP contribution is -2.37. The van der Waals surface area contributed by atoms with Gasteiger partial charge >= 0.3 is 0 Å². The van der Waals surface area contributed by atoms with E-state index in [2.05, 4.69) is 10.2 Å². The molecule has 0 fully saturated rings. The number of methoxy groups -OCH3 is 1. The van der Waals surface area contributed by atoms with Crippen molar-refractivity contribution in [2.75, 3.05) is 32.8 Å². The summed E-state index contributed by atoms with van der Waals surface area (Å²) in [5.41, 5.74) is 2.56. The predicted octanol–water partition coefficient (Wildman–Crippen LogP) is 3.16. The second kappa shape index (κ2) is 5.87. The van der Waals surface area contributed by atoms with Crippen molar-refractivity contribution in [1.29, 1.82) is 0 Å². The molecule has 1 atom stereocenters. The number of benzene rings is 2. The third-order valence-corrected chi connectivity index (χ3v) is 4.56. The summed E-state index contributed by atoms with van der Waals surface area (Å²) in [7, 11) is 3.62. The van der Waals surface area contributed by atoms with E-state index in [1.54, 1.807) is 19.2 Å². The standard InChI is InChI=1S/C18H19FN2O3/c1-21-8-7-11-9-14-16(24-10-23-14)17(22-2)15(11)18(21)20-13-6-4-3-5-12(13)19/h3-6,9,18,20H,7-8,10H2,1-2H3/t18-/m1/s1. The van der Waals surface area contributed by atoms with Gasteiger partial charge in [-0.15, -0.1) is 0 Å². The largest absolute Gasteiger partial charge is 0.492 e. The Morgan fingerprint density at radius 2 is 2.12 bits per heavy atom. The van der Waals surface area contributed by atoms with Crippen LogP contribution in [0.5, 0.6) is 17.2 Å². The molecule has 0 radical (unpaired) electrons. The molecule has 0 unspecified atom stereocenters. The van der Waals surface area contributed by atoms with Gasteiger partial charge < -0.3 is 19.5 Å². The van der Waals surface area contributed by atoms with Gasteiger partial charge in [0, 0.05) is 12.1 Å². The van der Waals surface area contributed by atoms with Gasteiger partial charge in [-0.05, 0) is 37.2 Å². The third-order valence-electron chi connectivity index (χ3n) is 4.56. The second-order valence-electron chi connectivity index (χ2n) is 5.97. The molecule has 24 heavy (non-hydrogen) atoms. The highest BCUT2D eigenvalue weighted by Crippen LogP contribution is 2.49. The fraction of sp³-hybridized carbons (Fsp3) is 0.333. The van der Waals surface area contributed by atoms with Crippen LogP contribution in [0.1, 0.15) is 17.3 Å². The first-order valence-corrected chi connectivity index (χ1v) is 7.89. The minimum atomic E-state index is -0.280. The predicted molar refractivity (Wildman–Crippen MR) is 88.2 cm³/mol. The van der Waals surface area contributed by atoms with Crippen LogP contribution in [0.4, 0.5) is 10.1 Å². The number of hydrogen-bond donors (Lipinski definition) is 1. The van der Waals surface area contributed by atoms with Gasteiger partial charge in [-0.2, -0.15) is 0 Å². The Labute approximate surface area is 139 Å². The van der Waals surface area contributed by atoms with Gasteiger partial charge in [0.05, 0.1) is 12.8 Å². The third kappa shape index (κ3) is 2.34. The Hall–Kier alpha value is -2.47. The molecule has 0 saturated carbocycles. The molecule has 6 heteroatoms. The van der Waals surface area contributed by atoms with Gasteiger partial charge in [-0.3, -0.25) is 4.90 Å². The lowest BCUT2D eigenvalue weighted by atomic mass is 9.94. The number of fused-ring (bicyclic) bond motifs is 2.